The molecule has 3 rings (SSSR count). The van der Waals surface area contributed by atoms with Crippen molar-refractivity contribution in [2.45, 2.75) is 30.2 Å². The van der Waals surface area contributed by atoms with E-state index in [1.807, 2.05) is 5.38 Å². The average molecular weight is 447 g/mol. The molecule has 2 aromatic rings. The van der Waals surface area contributed by atoms with Crippen molar-refractivity contribution in [3.8, 4) is 0 Å². The highest BCUT2D eigenvalue weighted by Gasteiger charge is 2.26. The van der Waals surface area contributed by atoms with Crippen LogP contribution in [0.2, 0.25) is 5.02 Å². The molecule has 1 aromatic heterocycles. The molecule has 152 valence electrons. The van der Waals surface area contributed by atoms with Gasteiger partial charge in [0.15, 0.2) is 5.13 Å². The number of nitrogens with one attached hydrogen (secondary N) is 2. The maximum atomic E-state index is 13.2. The number of sulfonamides is 1. The van der Waals surface area contributed by atoms with Gasteiger partial charge in [0.1, 0.15) is 5.82 Å². The summed E-state index contributed by atoms with van der Waals surface area (Å²) in [6, 6.07) is 3.33. The number of halogens is 2. The second-order valence-corrected chi connectivity index (χ2v) is 9.38. The molecule has 1 amide bonds. The number of anilines is 1. The lowest BCUT2D eigenvalue weighted by Crippen LogP contribution is -2.41. The van der Waals surface area contributed by atoms with Gasteiger partial charge in [-0.1, -0.05) is 11.6 Å². The van der Waals surface area contributed by atoms with Crippen molar-refractivity contribution in [3.05, 3.63) is 40.6 Å². The number of hydrogen-bond acceptors (Lipinski definition) is 6. The second-order valence-electron chi connectivity index (χ2n) is 6.33. The Hall–Kier alpha value is -1.75. The molecule has 7 nitrogen and oxygen atoms in total. The number of rotatable bonds is 8. The first-order valence-corrected chi connectivity index (χ1v) is 11.5. The Kier molecular flexibility index (Phi) is 6.86. The van der Waals surface area contributed by atoms with Crippen LogP contribution in [-0.2, 0) is 14.8 Å². The van der Waals surface area contributed by atoms with Gasteiger partial charge in [0.2, 0.25) is 15.9 Å². The molecule has 1 saturated heterocycles. The Bertz CT molecular complexity index is 924. The first kappa shape index (κ1) is 21.0. The van der Waals surface area contributed by atoms with Gasteiger partial charge in [-0.3, -0.25) is 4.79 Å². The third kappa shape index (κ3) is 5.19. The molecule has 11 heteroatoms. The van der Waals surface area contributed by atoms with E-state index < -0.39 is 15.8 Å². The minimum atomic E-state index is -3.86. The molecule has 1 aromatic carbocycles. The van der Waals surface area contributed by atoms with E-state index in [0.717, 1.165) is 42.7 Å². The maximum absolute atomic E-state index is 13.2. The molecule has 0 aliphatic carbocycles. The standard InChI is InChI=1S/C17H20ClFN4O3S2/c18-14-10-13(3-4-15(14)19)28(25,26)22-6-5-16(24)21-11-12-2-1-8-23(12)17-20-7-9-27-17/h3-4,7,9-10,12,22H,1-2,5-6,8,11H2,(H,21,24). The largest absolute Gasteiger partial charge is 0.354 e. The van der Waals surface area contributed by atoms with Crippen molar-refractivity contribution in [1.29, 1.82) is 0 Å². The Balaban J connectivity index is 1.45. The highest BCUT2D eigenvalue weighted by atomic mass is 35.5. The number of aromatic nitrogens is 1. The number of carbonyl (C=O) groups is 1. The molecular formula is C17H20ClFN4O3S2. The summed E-state index contributed by atoms with van der Waals surface area (Å²) in [7, 11) is -3.86. The molecule has 1 fully saturated rings. The third-order valence-electron chi connectivity index (χ3n) is 4.42. The molecule has 2 N–H and O–H groups in total. The van der Waals surface area contributed by atoms with Crippen molar-refractivity contribution < 1.29 is 17.6 Å². The van der Waals surface area contributed by atoms with Gasteiger partial charge in [-0.25, -0.2) is 22.5 Å². The van der Waals surface area contributed by atoms with Gasteiger partial charge in [-0.05, 0) is 31.0 Å². The molecule has 1 aliphatic heterocycles. The quantitative estimate of drug-likeness (QED) is 0.649. The van der Waals surface area contributed by atoms with Crippen LogP contribution in [0.3, 0.4) is 0 Å². The van der Waals surface area contributed by atoms with Crippen LogP contribution in [0.1, 0.15) is 19.3 Å². The minimum absolute atomic E-state index is 0.00186. The zero-order chi connectivity index (χ0) is 20.1. The molecular weight excluding hydrogens is 427 g/mol. The highest BCUT2D eigenvalue weighted by Crippen LogP contribution is 2.26. The maximum Gasteiger partial charge on any atom is 0.240 e. The summed E-state index contributed by atoms with van der Waals surface area (Å²) in [6.45, 7) is 1.33. The van der Waals surface area contributed by atoms with E-state index in [4.69, 9.17) is 11.6 Å². The Labute approximate surface area is 172 Å². The SMILES string of the molecule is O=C(CCNS(=O)(=O)c1ccc(F)c(Cl)c1)NCC1CCCN1c1nccs1. The van der Waals surface area contributed by atoms with Gasteiger partial charge in [-0.15, -0.1) is 11.3 Å². The van der Waals surface area contributed by atoms with E-state index in [1.165, 1.54) is 0 Å². The summed E-state index contributed by atoms with van der Waals surface area (Å²) in [5, 5.41) is 5.44. The smallest absolute Gasteiger partial charge is 0.240 e. The van der Waals surface area contributed by atoms with Crippen molar-refractivity contribution in [3.63, 3.8) is 0 Å². The van der Waals surface area contributed by atoms with Gasteiger partial charge in [0.25, 0.3) is 0 Å². The summed E-state index contributed by atoms with van der Waals surface area (Å²) < 4.78 is 39.9. The summed E-state index contributed by atoms with van der Waals surface area (Å²) in [4.78, 5) is 18.4. The van der Waals surface area contributed by atoms with Gasteiger partial charge in [0.05, 0.1) is 9.92 Å². The van der Waals surface area contributed by atoms with Crippen LogP contribution in [0.25, 0.3) is 0 Å². The summed E-state index contributed by atoms with van der Waals surface area (Å²) in [5.41, 5.74) is 0. The molecule has 1 unspecified atom stereocenters. The van der Waals surface area contributed by atoms with Gasteiger partial charge < -0.3 is 10.2 Å². The van der Waals surface area contributed by atoms with E-state index in [1.54, 1.807) is 17.5 Å². The van der Waals surface area contributed by atoms with E-state index in [2.05, 4.69) is 19.9 Å². The second kappa shape index (κ2) is 9.17. The van der Waals surface area contributed by atoms with Crippen LogP contribution in [0.4, 0.5) is 9.52 Å². The first-order valence-electron chi connectivity index (χ1n) is 8.74. The van der Waals surface area contributed by atoms with E-state index in [9.17, 15) is 17.6 Å². The molecule has 28 heavy (non-hydrogen) atoms. The van der Waals surface area contributed by atoms with Gasteiger partial charge in [-0.2, -0.15) is 0 Å². The fourth-order valence-corrected chi connectivity index (χ4v) is 5.05. The van der Waals surface area contributed by atoms with Crippen molar-refractivity contribution >= 4 is 44.0 Å². The van der Waals surface area contributed by atoms with E-state index in [-0.39, 0.29) is 34.8 Å². The Morgan fingerprint density at radius 1 is 1.43 bits per heavy atom. The van der Waals surface area contributed by atoms with Gasteiger partial charge in [0, 0.05) is 43.7 Å². The van der Waals surface area contributed by atoms with Crippen LogP contribution >= 0.6 is 22.9 Å². The Morgan fingerprint density at radius 2 is 2.25 bits per heavy atom. The monoisotopic (exact) mass is 446 g/mol. The number of amides is 1. The number of hydrogen-bond donors (Lipinski definition) is 2. The number of thiazole rings is 1. The minimum Gasteiger partial charge on any atom is -0.354 e. The molecule has 1 aliphatic rings. The topological polar surface area (TPSA) is 91.4 Å². The lowest BCUT2D eigenvalue weighted by atomic mass is 10.2. The van der Waals surface area contributed by atoms with Crippen LogP contribution in [0, 0.1) is 5.82 Å². The van der Waals surface area contributed by atoms with Crippen LogP contribution in [-0.4, -0.2) is 45.0 Å². The molecule has 0 radical (unpaired) electrons. The predicted molar refractivity (Wildman–Crippen MR) is 107 cm³/mol. The zero-order valence-electron chi connectivity index (χ0n) is 14.9. The van der Waals surface area contributed by atoms with Crippen molar-refractivity contribution in [2.24, 2.45) is 0 Å². The van der Waals surface area contributed by atoms with Crippen molar-refractivity contribution in [2.75, 3.05) is 24.5 Å². The molecule has 0 saturated carbocycles. The summed E-state index contributed by atoms with van der Waals surface area (Å²) in [6.07, 6.45) is 3.77. The number of carbonyl (C=O) groups excluding carboxylic acids is 1. The predicted octanol–water partition coefficient (Wildman–Crippen LogP) is 2.39. The van der Waals surface area contributed by atoms with E-state index in [0.29, 0.717) is 6.54 Å². The summed E-state index contributed by atoms with van der Waals surface area (Å²) in [5.74, 6) is -0.940. The van der Waals surface area contributed by atoms with Crippen molar-refractivity contribution in [1.82, 2.24) is 15.0 Å². The Morgan fingerprint density at radius 3 is 2.96 bits per heavy atom. The van der Waals surface area contributed by atoms with Crippen LogP contribution < -0.4 is 14.9 Å². The lowest BCUT2D eigenvalue weighted by Gasteiger charge is -2.24. The fraction of sp³-hybridized carbons (Fsp3) is 0.412. The van der Waals surface area contributed by atoms with Gasteiger partial charge >= 0.3 is 0 Å². The fourth-order valence-electron chi connectivity index (χ4n) is 3.00. The van der Waals surface area contributed by atoms with E-state index >= 15 is 0 Å². The van der Waals surface area contributed by atoms with Crippen LogP contribution in [0.5, 0.6) is 0 Å². The lowest BCUT2D eigenvalue weighted by molar-refractivity contribution is -0.120. The molecule has 2 heterocycles. The average Bonchev–Trinajstić information content (AvgIpc) is 3.33. The number of benzene rings is 1. The number of nitrogens with zero attached hydrogens (tertiary/aromatic N) is 2. The molecule has 0 bridgehead atoms. The molecule has 0 spiro atoms. The zero-order valence-corrected chi connectivity index (χ0v) is 17.3. The van der Waals surface area contributed by atoms with Crippen LogP contribution in [0.15, 0.2) is 34.7 Å². The normalized spacial score (nSPS) is 17.1. The highest BCUT2D eigenvalue weighted by molar-refractivity contribution is 7.89. The third-order valence-corrected chi connectivity index (χ3v) is 6.98. The first-order chi connectivity index (χ1) is 13.4. The molecule has 1 atom stereocenters. The summed E-state index contributed by atoms with van der Waals surface area (Å²) >= 11 is 7.18.